The normalized spacial score (nSPS) is 18.8. The predicted octanol–water partition coefficient (Wildman–Crippen LogP) is 3.23. The Bertz CT molecular complexity index is 531. The first-order chi connectivity index (χ1) is 8.34. The smallest absolute Gasteiger partial charge is 0.0579 e. The highest BCUT2D eigenvalue weighted by Gasteiger charge is 2.20. The quantitative estimate of drug-likeness (QED) is 0.782. The second-order valence-corrected chi connectivity index (χ2v) is 4.75. The zero-order valence-corrected chi connectivity index (χ0v) is 10.1. The van der Waals surface area contributed by atoms with Crippen LogP contribution in [0.4, 0.5) is 0 Å². The molecule has 0 aromatic heterocycles. The lowest BCUT2D eigenvalue weighted by Crippen LogP contribution is -2.30. The van der Waals surface area contributed by atoms with Gasteiger partial charge in [0.25, 0.3) is 0 Å². The minimum atomic E-state index is 0.361. The van der Waals surface area contributed by atoms with Gasteiger partial charge in [0.1, 0.15) is 0 Å². The lowest BCUT2D eigenvalue weighted by atomic mass is 9.89. The topological polar surface area (TPSA) is 12.0 Å². The molecule has 1 N–H and O–H groups in total. The standard InChI is InChI=1S/C16H17N/c1-12-5-4-7-14(11-12)16-15-8-3-2-6-13(15)9-10-17-16/h2-8,11,16-17H,9-10H2,1H3/t16-/m1/s1. The monoisotopic (exact) mass is 223 g/mol. The zero-order valence-electron chi connectivity index (χ0n) is 10.1. The molecule has 1 aliphatic rings. The number of rotatable bonds is 1. The molecule has 0 fully saturated rings. The van der Waals surface area contributed by atoms with E-state index in [4.69, 9.17) is 0 Å². The van der Waals surface area contributed by atoms with Gasteiger partial charge in [-0.05, 0) is 30.0 Å². The van der Waals surface area contributed by atoms with Gasteiger partial charge >= 0.3 is 0 Å². The van der Waals surface area contributed by atoms with Gasteiger partial charge in [-0.25, -0.2) is 0 Å². The third-order valence-corrected chi connectivity index (χ3v) is 3.48. The van der Waals surface area contributed by atoms with Crippen LogP contribution >= 0.6 is 0 Å². The highest BCUT2D eigenvalue weighted by atomic mass is 14.9. The Morgan fingerprint density at radius 1 is 1.06 bits per heavy atom. The van der Waals surface area contributed by atoms with E-state index in [1.807, 2.05) is 0 Å². The minimum absolute atomic E-state index is 0.361. The van der Waals surface area contributed by atoms with E-state index in [2.05, 4.69) is 60.8 Å². The first kappa shape index (κ1) is 10.5. The molecule has 3 rings (SSSR count). The Kier molecular flexibility index (Phi) is 2.69. The summed E-state index contributed by atoms with van der Waals surface area (Å²) >= 11 is 0. The molecule has 86 valence electrons. The van der Waals surface area contributed by atoms with Gasteiger partial charge in [0.05, 0.1) is 6.04 Å². The van der Waals surface area contributed by atoms with Crippen LogP contribution in [0.5, 0.6) is 0 Å². The van der Waals surface area contributed by atoms with Gasteiger partial charge in [-0.1, -0.05) is 54.1 Å². The van der Waals surface area contributed by atoms with Gasteiger partial charge < -0.3 is 5.32 Å². The molecule has 0 amide bonds. The Morgan fingerprint density at radius 3 is 2.82 bits per heavy atom. The van der Waals surface area contributed by atoms with Crippen molar-refractivity contribution < 1.29 is 0 Å². The van der Waals surface area contributed by atoms with E-state index in [9.17, 15) is 0 Å². The Labute approximate surface area is 102 Å². The van der Waals surface area contributed by atoms with Crippen molar-refractivity contribution in [2.45, 2.75) is 19.4 Å². The highest BCUT2D eigenvalue weighted by molar-refractivity contribution is 5.40. The van der Waals surface area contributed by atoms with E-state index in [0.717, 1.165) is 13.0 Å². The molecule has 1 nitrogen and oxygen atoms in total. The van der Waals surface area contributed by atoms with E-state index < -0.39 is 0 Å². The molecule has 0 saturated carbocycles. The van der Waals surface area contributed by atoms with Crippen LogP contribution in [0.2, 0.25) is 0 Å². The number of hydrogen-bond donors (Lipinski definition) is 1. The third kappa shape index (κ3) is 1.98. The molecule has 0 bridgehead atoms. The van der Waals surface area contributed by atoms with Crippen LogP contribution in [0.25, 0.3) is 0 Å². The predicted molar refractivity (Wildman–Crippen MR) is 71.2 cm³/mol. The molecule has 17 heavy (non-hydrogen) atoms. The van der Waals surface area contributed by atoms with Crippen molar-refractivity contribution in [3.8, 4) is 0 Å². The van der Waals surface area contributed by atoms with Crippen LogP contribution in [-0.4, -0.2) is 6.54 Å². The first-order valence-corrected chi connectivity index (χ1v) is 6.22. The molecule has 0 saturated heterocycles. The van der Waals surface area contributed by atoms with Crippen molar-refractivity contribution in [1.82, 2.24) is 5.32 Å². The first-order valence-electron chi connectivity index (χ1n) is 6.22. The van der Waals surface area contributed by atoms with E-state index in [1.54, 1.807) is 0 Å². The number of fused-ring (bicyclic) bond motifs is 1. The number of benzene rings is 2. The fourth-order valence-electron chi connectivity index (χ4n) is 2.65. The van der Waals surface area contributed by atoms with E-state index in [-0.39, 0.29) is 0 Å². The summed E-state index contributed by atoms with van der Waals surface area (Å²) in [6.45, 7) is 3.22. The van der Waals surface area contributed by atoms with Crippen molar-refractivity contribution in [1.29, 1.82) is 0 Å². The summed E-state index contributed by atoms with van der Waals surface area (Å²) in [5.41, 5.74) is 5.62. The maximum atomic E-state index is 3.62. The fourth-order valence-corrected chi connectivity index (χ4v) is 2.65. The van der Waals surface area contributed by atoms with Crippen LogP contribution < -0.4 is 5.32 Å². The average Bonchev–Trinajstić information content (AvgIpc) is 2.38. The second-order valence-electron chi connectivity index (χ2n) is 4.75. The largest absolute Gasteiger partial charge is 0.306 e. The molecule has 0 spiro atoms. The van der Waals surface area contributed by atoms with Crippen LogP contribution in [0.1, 0.15) is 28.3 Å². The van der Waals surface area contributed by atoms with Crippen molar-refractivity contribution in [2.75, 3.05) is 6.54 Å². The Hall–Kier alpha value is -1.60. The summed E-state index contributed by atoms with van der Waals surface area (Å²) in [6, 6.07) is 17.9. The van der Waals surface area contributed by atoms with Crippen LogP contribution in [-0.2, 0) is 6.42 Å². The van der Waals surface area contributed by atoms with Crippen molar-refractivity contribution >= 4 is 0 Å². The second kappa shape index (κ2) is 4.34. The zero-order chi connectivity index (χ0) is 11.7. The summed E-state index contributed by atoms with van der Waals surface area (Å²) < 4.78 is 0. The number of nitrogens with one attached hydrogen (secondary N) is 1. The van der Waals surface area contributed by atoms with E-state index >= 15 is 0 Å². The molecular formula is C16H17N. The highest BCUT2D eigenvalue weighted by Crippen LogP contribution is 2.28. The van der Waals surface area contributed by atoms with Crippen LogP contribution in [0.15, 0.2) is 48.5 Å². The maximum absolute atomic E-state index is 3.62. The summed E-state index contributed by atoms with van der Waals surface area (Å²) in [4.78, 5) is 0. The maximum Gasteiger partial charge on any atom is 0.0579 e. The van der Waals surface area contributed by atoms with Crippen molar-refractivity contribution in [2.24, 2.45) is 0 Å². The van der Waals surface area contributed by atoms with Gasteiger partial charge in [0, 0.05) is 6.54 Å². The van der Waals surface area contributed by atoms with Gasteiger partial charge in [-0.3, -0.25) is 0 Å². The lowest BCUT2D eigenvalue weighted by molar-refractivity contribution is 0.567. The summed E-state index contributed by atoms with van der Waals surface area (Å²) in [7, 11) is 0. The third-order valence-electron chi connectivity index (χ3n) is 3.48. The Balaban J connectivity index is 2.06. The number of hydrogen-bond acceptors (Lipinski definition) is 1. The van der Waals surface area contributed by atoms with Crippen LogP contribution in [0, 0.1) is 6.92 Å². The Morgan fingerprint density at radius 2 is 1.94 bits per heavy atom. The molecule has 0 aliphatic carbocycles. The van der Waals surface area contributed by atoms with Gasteiger partial charge in [-0.2, -0.15) is 0 Å². The molecule has 2 aromatic carbocycles. The molecular weight excluding hydrogens is 206 g/mol. The van der Waals surface area contributed by atoms with Crippen molar-refractivity contribution in [3.63, 3.8) is 0 Å². The fraction of sp³-hybridized carbons (Fsp3) is 0.250. The minimum Gasteiger partial charge on any atom is -0.306 e. The van der Waals surface area contributed by atoms with Gasteiger partial charge in [0.15, 0.2) is 0 Å². The molecule has 2 aromatic rings. The molecule has 1 atom stereocenters. The van der Waals surface area contributed by atoms with Gasteiger partial charge in [-0.15, -0.1) is 0 Å². The molecule has 0 unspecified atom stereocenters. The SMILES string of the molecule is Cc1cccc([C@H]2NCCc3ccccc32)c1. The molecule has 1 heterocycles. The van der Waals surface area contributed by atoms with E-state index in [0.29, 0.717) is 6.04 Å². The number of aryl methyl sites for hydroxylation is 1. The van der Waals surface area contributed by atoms with Crippen molar-refractivity contribution in [3.05, 3.63) is 70.8 Å². The molecule has 0 radical (unpaired) electrons. The molecule has 1 heteroatoms. The summed E-state index contributed by atoms with van der Waals surface area (Å²) in [6.07, 6.45) is 1.14. The lowest BCUT2D eigenvalue weighted by Gasteiger charge is -2.27. The average molecular weight is 223 g/mol. The summed E-state index contributed by atoms with van der Waals surface area (Å²) in [5.74, 6) is 0. The van der Waals surface area contributed by atoms with Crippen LogP contribution in [0.3, 0.4) is 0 Å². The van der Waals surface area contributed by atoms with Gasteiger partial charge in [0.2, 0.25) is 0 Å². The van der Waals surface area contributed by atoms with E-state index in [1.165, 1.54) is 22.3 Å². The molecule has 1 aliphatic heterocycles. The summed E-state index contributed by atoms with van der Waals surface area (Å²) in [5, 5.41) is 3.62.